The molecule has 3 aromatic carbocycles. The molecule has 2 aromatic heterocycles. The molecule has 0 atom stereocenters. The number of amides is 1. The van der Waals surface area contributed by atoms with Crippen molar-refractivity contribution in [1.29, 1.82) is 0 Å². The first-order chi connectivity index (χ1) is 16.9. The van der Waals surface area contributed by atoms with Crippen LogP contribution in [0, 0.1) is 13.8 Å². The molecule has 2 heterocycles. The summed E-state index contributed by atoms with van der Waals surface area (Å²) in [5, 5.41) is 4.00. The van der Waals surface area contributed by atoms with Crippen LogP contribution >= 0.6 is 0 Å². The smallest absolute Gasteiger partial charge is 0.349 e. The second-order valence-electron chi connectivity index (χ2n) is 8.33. The first kappa shape index (κ1) is 22.2. The molecule has 0 aliphatic heterocycles. The minimum absolute atomic E-state index is 0.148. The highest BCUT2D eigenvalue weighted by molar-refractivity contribution is 6.01. The van der Waals surface area contributed by atoms with Crippen LogP contribution in [-0.4, -0.2) is 22.1 Å². The van der Waals surface area contributed by atoms with Crippen molar-refractivity contribution in [3.8, 4) is 5.75 Å². The minimum Gasteiger partial charge on any atom is -0.492 e. The number of nitrogens with zero attached hydrogens (tertiary/aromatic N) is 2. The maximum Gasteiger partial charge on any atom is 0.349 e. The summed E-state index contributed by atoms with van der Waals surface area (Å²) in [4.78, 5) is 29.0. The van der Waals surface area contributed by atoms with E-state index in [9.17, 15) is 9.59 Å². The molecule has 8 nitrogen and oxygen atoms in total. The van der Waals surface area contributed by atoms with Crippen LogP contribution in [0.2, 0.25) is 0 Å². The summed E-state index contributed by atoms with van der Waals surface area (Å²) < 4.78 is 13.4. The van der Waals surface area contributed by atoms with Gasteiger partial charge in [-0.15, -0.1) is 0 Å². The molecule has 0 unspecified atom stereocenters. The number of hydrogen-bond acceptors (Lipinski definition) is 6. The average Bonchev–Trinajstić information content (AvgIpc) is 3.14. The van der Waals surface area contributed by atoms with Crippen molar-refractivity contribution in [3.63, 3.8) is 0 Å². The first-order valence-corrected chi connectivity index (χ1v) is 11.2. The number of fused-ring (bicyclic) bond motifs is 2. The van der Waals surface area contributed by atoms with Gasteiger partial charge in [0.05, 0.1) is 17.6 Å². The number of benzene rings is 3. The van der Waals surface area contributed by atoms with E-state index < -0.39 is 11.5 Å². The minimum atomic E-state index is -0.816. The summed E-state index contributed by atoms with van der Waals surface area (Å²) in [6.45, 7) is 4.60. The van der Waals surface area contributed by atoms with E-state index in [-0.39, 0.29) is 5.56 Å². The molecule has 3 N–H and O–H groups in total. The molecular weight excluding hydrogens is 444 g/mol. The molecule has 176 valence electrons. The quantitative estimate of drug-likeness (QED) is 0.335. The van der Waals surface area contributed by atoms with Gasteiger partial charge in [-0.05, 0) is 55.3 Å². The fraction of sp³-hybridized carbons (Fsp3) is 0.148. The first-order valence-electron chi connectivity index (χ1n) is 11.2. The number of ether oxygens (including phenoxy) is 1. The van der Waals surface area contributed by atoms with E-state index in [1.165, 1.54) is 0 Å². The molecule has 1 amide bonds. The Labute approximate surface area is 201 Å². The molecule has 0 aliphatic carbocycles. The number of nitrogens with one attached hydrogen (secondary N) is 1. The zero-order valence-corrected chi connectivity index (χ0v) is 19.4. The van der Waals surface area contributed by atoms with Crippen LogP contribution in [0.4, 0.5) is 11.6 Å². The summed E-state index contributed by atoms with van der Waals surface area (Å²) in [5.74, 6) is 0.576. The summed E-state index contributed by atoms with van der Waals surface area (Å²) in [6, 6.07) is 21.2. The fourth-order valence-electron chi connectivity index (χ4n) is 4.20. The van der Waals surface area contributed by atoms with Crippen LogP contribution in [-0.2, 0) is 6.54 Å². The van der Waals surface area contributed by atoms with Crippen molar-refractivity contribution in [2.24, 2.45) is 5.73 Å². The van der Waals surface area contributed by atoms with Gasteiger partial charge in [-0.1, -0.05) is 30.3 Å². The summed E-state index contributed by atoms with van der Waals surface area (Å²) >= 11 is 0. The highest BCUT2D eigenvalue weighted by Gasteiger charge is 2.19. The molecule has 35 heavy (non-hydrogen) atoms. The number of para-hydroxylation sites is 1. The van der Waals surface area contributed by atoms with Gasteiger partial charge in [-0.3, -0.25) is 4.79 Å². The molecule has 8 heteroatoms. The van der Waals surface area contributed by atoms with Gasteiger partial charge in [-0.2, -0.15) is 0 Å². The second-order valence-corrected chi connectivity index (χ2v) is 8.33. The lowest BCUT2D eigenvalue weighted by molar-refractivity contribution is 0.0996. The highest BCUT2D eigenvalue weighted by Crippen LogP contribution is 2.29. The lowest BCUT2D eigenvalue weighted by atomic mass is 10.1. The number of primary amides is 1. The highest BCUT2D eigenvalue weighted by atomic mass is 16.5. The predicted molar refractivity (Wildman–Crippen MR) is 135 cm³/mol. The van der Waals surface area contributed by atoms with Gasteiger partial charge in [0, 0.05) is 17.1 Å². The standard InChI is InChI=1S/C27H24N4O4/c1-16-7-6-8-18(13-16)29-27-30-21-14-20-17(2)24(25(28)32)26(33)35-23(20)15-22(21)31(27)11-12-34-19-9-4-3-5-10-19/h3-10,13-15H,11-12H2,1-2H3,(H2,28,32)(H,29,30). The van der Waals surface area contributed by atoms with Crippen molar-refractivity contribution >= 4 is 39.5 Å². The predicted octanol–water partition coefficient (Wildman–Crippen LogP) is 4.68. The van der Waals surface area contributed by atoms with Gasteiger partial charge >= 0.3 is 5.63 Å². The van der Waals surface area contributed by atoms with Crippen molar-refractivity contribution in [2.45, 2.75) is 20.4 Å². The fourth-order valence-corrected chi connectivity index (χ4v) is 4.20. The molecule has 0 radical (unpaired) electrons. The van der Waals surface area contributed by atoms with E-state index in [1.54, 1.807) is 13.0 Å². The molecule has 0 bridgehead atoms. The number of imidazole rings is 1. The summed E-state index contributed by atoms with van der Waals surface area (Å²) in [7, 11) is 0. The van der Waals surface area contributed by atoms with Crippen LogP contribution in [0.1, 0.15) is 21.5 Å². The zero-order chi connectivity index (χ0) is 24.5. The van der Waals surface area contributed by atoms with Gasteiger partial charge in [0.25, 0.3) is 5.91 Å². The Hall–Kier alpha value is -4.59. The molecular formula is C27H24N4O4. The largest absolute Gasteiger partial charge is 0.492 e. The zero-order valence-electron chi connectivity index (χ0n) is 19.4. The van der Waals surface area contributed by atoms with E-state index in [0.717, 1.165) is 22.5 Å². The SMILES string of the molecule is Cc1cccc(Nc2nc3cc4c(C)c(C(N)=O)c(=O)oc4cc3n2CCOc2ccccc2)c1. The number of anilines is 2. The maximum atomic E-state index is 12.4. The monoisotopic (exact) mass is 468 g/mol. The number of nitrogens with two attached hydrogens (primary N) is 1. The van der Waals surface area contributed by atoms with Gasteiger partial charge in [0.1, 0.15) is 23.5 Å². The third-order valence-electron chi connectivity index (χ3n) is 5.88. The molecule has 0 fully saturated rings. The number of aromatic nitrogens is 2. The van der Waals surface area contributed by atoms with Crippen molar-refractivity contribution < 1.29 is 13.9 Å². The Bertz CT molecular complexity index is 1620. The van der Waals surface area contributed by atoms with E-state index in [1.807, 2.05) is 72.2 Å². The lowest BCUT2D eigenvalue weighted by Gasteiger charge is -2.12. The number of carbonyl (C=O) groups is 1. The van der Waals surface area contributed by atoms with Crippen LogP contribution in [0.15, 0.2) is 75.9 Å². The van der Waals surface area contributed by atoms with Crippen molar-refractivity contribution in [1.82, 2.24) is 9.55 Å². The Morgan fingerprint density at radius 3 is 2.63 bits per heavy atom. The molecule has 0 saturated carbocycles. The third-order valence-corrected chi connectivity index (χ3v) is 5.88. The summed E-state index contributed by atoms with van der Waals surface area (Å²) in [5.41, 5.74) is 8.80. The van der Waals surface area contributed by atoms with Gasteiger partial charge < -0.3 is 24.8 Å². The van der Waals surface area contributed by atoms with Crippen LogP contribution in [0.25, 0.3) is 22.0 Å². The van der Waals surface area contributed by atoms with E-state index in [4.69, 9.17) is 19.9 Å². The van der Waals surface area contributed by atoms with Crippen LogP contribution in [0.3, 0.4) is 0 Å². The second kappa shape index (κ2) is 8.98. The molecule has 5 rings (SSSR count). The summed E-state index contributed by atoms with van der Waals surface area (Å²) in [6.07, 6.45) is 0. The van der Waals surface area contributed by atoms with E-state index in [2.05, 4.69) is 5.32 Å². The van der Waals surface area contributed by atoms with Crippen molar-refractivity contribution in [2.75, 3.05) is 11.9 Å². The Balaban J connectivity index is 1.61. The number of carbonyl (C=O) groups excluding carboxylic acids is 1. The maximum absolute atomic E-state index is 12.4. The van der Waals surface area contributed by atoms with Gasteiger partial charge in [0.2, 0.25) is 5.95 Å². The Morgan fingerprint density at radius 2 is 1.89 bits per heavy atom. The number of aryl methyl sites for hydroxylation is 2. The Morgan fingerprint density at radius 1 is 1.09 bits per heavy atom. The van der Waals surface area contributed by atoms with Crippen LogP contribution in [0.5, 0.6) is 5.75 Å². The van der Waals surface area contributed by atoms with Gasteiger partial charge in [0.15, 0.2) is 0 Å². The molecule has 0 spiro atoms. The van der Waals surface area contributed by atoms with E-state index >= 15 is 0 Å². The average molecular weight is 469 g/mol. The van der Waals surface area contributed by atoms with Crippen LogP contribution < -0.4 is 21.4 Å². The van der Waals surface area contributed by atoms with E-state index in [0.29, 0.717) is 41.1 Å². The number of rotatable bonds is 7. The normalized spacial score (nSPS) is 11.1. The third kappa shape index (κ3) is 4.33. The topological polar surface area (TPSA) is 112 Å². The molecule has 5 aromatic rings. The van der Waals surface area contributed by atoms with Crippen molar-refractivity contribution in [3.05, 3.63) is 93.8 Å². The molecule has 0 saturated heterocycles. The van der Waals surface area contributed by atoms with Gasteiger partial charge in [-0.25, -0.2) is 9.78 Å². The number of hydrogen-bond donors (Lipinski definition) is 2. The molecule has 0 aliphatic rings. The lowest BCUT2D eigenvalue weighted by Crippen LogP contribution is -2.22. The Kier molecular flexibility index (Phi) is 5.70.